The van der Waals surface area contributed by atoms with Gasteiger partial charge in [0, 0.05) is 48.3 Å². The lowest BCUT2D eigenvalue weighted by Crippen LogP contribution is -2.55. The molecule has 4 N–H and O–H groups in total. The van der Waals surface area contributed by atoms with Crippen molar-refractivity contribution in [2.75, 3.05) is 13.1 Å². The monoisotopic (exact) mass is 603 g/mol. The molecule has 1 spiro atoms. The van der Waals surface area contributed by atoms with Crippen molar-refractivity contribution in [3.05, 3.63) is 71.9 Å². The highest BCUT2D eigenvalue weighted by atomic mass is 19.3. The molecule has 2 aliphatic heterocycles. The quantitative estimate of drug-likeness (QED) is 0.263. The van der Waals surface area contributed by atoms with Crippen molar-refractivity contribution in [3.63, 3.8) is 0 Å². The zero-order valence-electron chi connectivity index (χ0n) is 23.6. The summed E-state index contributed by atoms with van der Waals surface area (Å²) in [5.74, 6) is -8.40. The molecule has 3 aromatic rings. The second-order valence-corrected chi connectivity index (χ2v) is 12.3. The summed E-state index contributed by atoms with van der Waals surface area (Å²) in [7, 11) is 0. The van der Waals surface area contributed by atoms with Gasteiger partial charge in [-0.15, -0.1) is 0 Å². The minimum absolute atomic E-state index is 0.000497. The second-order valence-electron chi connectivity index (χ2n) is 12.3. The topological polar surface area (TPSA) is 140 Å². The Hall–Kier alpha value is -4.61. The van der Waals surface area contributed by atoms with Gasteiger partial charge in [0.1, 0.15) is 11.7 Å². The van der Waals surface area contributed by atoms with Crippen LogP contribution in [0.25, 0.3) is 10.9 Å². The minimum atomic E-state index is -2.96. The van der Waals surface area contributed by atoms with E-state index in [2.05, 4.69) is 20.9 Å². The van der Waals surface area contributed by atoms with Gasteiger partial charge in [-0.1, -0.05) is 48.5 Å². The van der Waals surface area contributed by atoms with Crippen molar-refractivity contribution in [1.82, 2.24) is 25.8 Å². The molecule has 0 radical (unpaired) electrons. The summed E-state index contributed by atoms with van der Waals surface area (Å²) in [4.78, 5) is 70.1. The van der Waals surface area contributed by atoms with Crippen molar-refractivity contribution in [3.8, 4) is 0 Å². The second kappa shape index (κ2) is 10.2. The summed E-state index contributed by atoms with van der Waals surface area (Å²) in [6.07, 6.45) is 0.801. The molecule has 4 aliphatic rings. The van der Waals surface area contributed by atoms with Gasteiger partial charge in [0.15, 0.2) is 0 Å². The molecule has 0 bridgehead atoms. The lowest BCUT2D eigenvalue weighted by Gasteiger charge is -2.28. The Kier molecular flexibility index (Phi) is 6.56. The highest BCUT2D eigenvalue weighted by Crippen LogP contribution is 2.92. The molecule has 2 aromatic carbocycles. The summed E-state index contributed by atoms with van der Waals surface area (Å²) in [6, 6.07) is 15.3. The number of hydrogen-bond donors (Lipinski definition) is 4. The van der Waals surface area contributed by atoms with Crippen LogP contribution in [0.2, 0.25) is 0 Å². The first kappa shape index (κ1) is 28.2. The fraction of sp³-hybridized carbons (Fsp3) is 0.406. The lowest BCUT2D eigenvalue weighted by molar-refractivity contribution is -0.140. The summed E-state index contributed by atoms with van der Waals surface area (Å²) >= 11 is 0. The van der Waals surface area contributed by atoms with Crippen LogP contribution in [-0.4, -0.2) is 70.4 Å². The largest absolute Gasteiger partial charge is 0.356 e. The van der Waals surface area contributed by atoms with Gasteiger partial charge < -0.3 is 25.8 Å². The van der Waals surface area contributed by atoms with Crippen LogP contribution in [0.5, 0.6) is 0 Å². The van der Waals surface area contributed by atoms with Crippen LogP contribution in [-0.2, 0) is 25.7 Å². The number of para-hydroxylation sites is 1. The molecule has 44 heavy (non-hydrogen) atoms. The molecule has 4 amide bonds. The van der Waals surface area contributed by atoms with Crippen molar-refractivity contribution < 1.29 is 32.8 Å². The standard InChI is InChI=1S/C32H31F2N5O5/c33-32(34)26-23-24(39(16-31(23,26)32)30(44)22-14-19-8-4-5-9-20(19)37-22)28(42)38-21(11-10-18-12-13-35-27(18)41)25(40)29(43)36-15-17-6-2-1-3-7-17/h1-9,14,18,21,23-24,26,37H,10-13,15-16H2,(H,35,41)(H,36,43)(H,38,42)/t18-,21+,23?,24+,26?,31-/m1/s1. The number of hydrogen-bond acceptors (Lipinski definition) is 5. The maximum absolute atomic E-state index is 14.6. The van der Waals surface area contributed by atoms with Gasteiger partial charge in [-0.25, -0.2) is 8.78 Å². The molecular formula is C32H31F2N5O5. The number of fused-ring (bicyclic) bond motifs is 2. The zero-order chi connectivity index (χ0) is 30.8. The molecule has 3 heterocycles. The number of rotatable bonds is 10. The minimum Gasteiger partial charge on any atom is -0.356 e. The van der Waals surface area contributed by atoms with E-state index < -0.39 is 58.8 Å². The number of alkyl halides is 2. The van der Waals surface area contributed by atoms with Crippen LogP contribution in [0.1, 0.15) is 35.3 Å². The molecule has 2 unspecified atom stereocenters. The molecule has 4 fully saturated rings. The molecule has 1 aromatic heterocycles. The summed E-state index contributed by atoms with van der Waals surface area (Å²) in [6.45, 7) is 0.312. The lowest BCUT2D eigenvalue weighted by atomic mass is 9.95. The van der Waals surface area contributed by atoms with Gasteiger partial charge in [-0.2, -0.15) is 0 Å². The molecule has 10 nitrogen and oxygen atoms in total. The maximum atomic E-state index is 14.6. The molecule has 2 saturated heterocycles. The maximum Gasteiger partial charge on any atom is 0.289 e. The summed E-state index contributed by atoms with van der Waals surface area (Å²) in [5.41, 5.74) is 0.193. The number of nitrogens with one attached hydrogen (secondary N) is 4. The van der Waals surface area contributed by atoms with Crippen LogP contribution in [0.4, 0.5) is 8.78 Å². The van der Waals surface area contributed by atoms with Crippen LogP contribution < -0.4 is 16.0 Å². The third-order valence-electron chi connectivity index (χ3n) is 9.84. The first-order chi connectivity index (χ1) is 21.1. The Balaban J connectivity index is 1.11. The van der Waals surface area contributed by atoms with Crippen LogP contribution in [0.15, 0.2) is 60.7 Å². The molecule has 12 heteroatoms. The molecule has 228 valence electrons. The Labute approximate surface area is 250 Å². The van der Waals surface area contributed by atoms with Crippen LogP contribution in [0.3, 0.4) is 0 Å². The van der Waals surface area contributed by atoms with E-state index in [-0.39, 0.29) is 43.5 Å². The Bertz CT molecular complexity index is 1660. The number of carbonyl (C=O) groups excluding carboxylic acids is 5. The number of benzene rings is 2. The average Bonchev–Trinajstić information content (AvgIpc) is 3.46. The summed E-state index contributed by atoms with van der Waals surface area (Å²) in [5, 5.41) is 8.70. The SMILES string of the molecule is O=C(NCc1ccccc1)C(=O)[C@H](CC[C@@H]1CCNC1=O)NC(=O)[C@@H]1C2C3C(F)(F)[C@]23CN1C(=O)c1cc2ccccc2[nH]1. The van der Waals surface area contributed by atoms with Crippen molar-refractivity contribution in [2.45, 2.75) is 43.8 Å². The van der Waals surface area contributed by atoms with E-state index in [9.17, 15) is 32.8 Å². The Morgan fingerprint density at radius 1 is 1.05 bits per heavy atom. The number of aromatic amines is 1. The van der Waals surface area contributed by atoms with Crippen molar-refractivity contribution in [1.29, 1.82) is 0 Å². The average molecular weight is 604 g/mol. The van der Waals surface area contributed by atoms with E-state index >= 15 is 0 Å². The molecule has 6 atom stereocenters. The highest BCUT2D eigenvalue weighted by molar-refractivity contribution is 6.38. The number of aromatic nitrogens is 1. The van der Waals surface area contributed by atoms with Crippen LogP contribution >= 0.6 is 0 Å². The van der Waals surface area contributed by atoms with E-state index in [1.54, 1.807) is 42.5 Å². The molecular weight excluding hydrogens is 572 g/mol. The number of carbonyl (C=O) groups is 5. The number of piperidine rings is 1. The van der Waals surface area contributed by atoms with E-state index in [0.29, 0.717) is 18.5 Å². The van der Waals surface area contributed by atoms with Crippen LogP contribution in [0, 0.1) is 23.2 Å². The molecule has 7 rings (SSSR count). The first-order valence-corrected chi connectivity index (χ1v) is 14.8. The highest BCUT2D eigenvalue weighted by Gasteiger charge is 3.03. The van der Waals surface area contributed by atoms with Gasteiger partial charge >= 0.3 is 0 Å². The Morgan fingerprint density at radius 2 is 1.80 bits per heavy atom. The van der Waals surface area contributed by atoms with E-state index in [1.165, 1.54) is 4.90 Å². The fourth-order valence-corrected chi connectivity index (χ4v) is 7.36. The number of ketones is 1. The number of nitrogens with zero attached hydrogens (tertiary/aromatic N) is 1. The van der Waals surface area contributed by atoms with Crippen molar-refractivity contribution >= 4 is 40.3 Å². The van der Waals surface area contributed by atoms with E-state index in [4.69, 9.17) is 0 Å². The molecule has 2 saturated carbocycles. The van der Waals surface area contributed by atoms with Gasteiger partial charge in [0.25, 0.3) is 17.7 Å². The summed E-state index contributed by atoms with van der Waals surface area (Å²) < 4.78 is 29.2. The number of likely N-dealkylation sites (tertiary alicyclic amines) is 1. The van der Waals surface area contributed by atoms with Gasteiger partial charge in [0.05, 0.1) is 11.5 Å². The van der Waals surface area contributed by atoms with E-state index in [1.807, 2.05) is 18.2 Å². The number of H-pyrrole nitrogens is 1. The predicted octanol–water partition coefficient (Wildman–Crippen LogP) is 2.16. The predicted molar refractivity (Wildman–Crippen MR) is 153 cm³/mol. The van der Waals surface area contributed by atoms with Gasteiger partial charge in [-0.3, -0.25) is 24.0 Å². The molecule has 2 aliphatic carbocycles. The Morgan fingerprint density at radius 3 is 2.50 bits per heavy atom. The number of halogens is 2. The smallest absolute Gasteiger partial charge is 0.289 e. The first-order valence-electron chi connectivity index (χ1n) is 14.8. The normalized spacial score (nSPS) is 28.0. The van der Waals surface area contributed by atoms with Gasteiger partial charge in [0.2, 0.25) is 17.6 Å². The van der Waals surface area contributed by atoms with E-state index in [0.717, 1.165) is 10.9 Å². The third-order valence-corrected chi connectivity index (χ3v) is 9.84. The number of Topliss-reactive ketones (excluding diaryl/α,β-unsaturated/α-hetero) is 1. The van der Waals surface area contributed by atoms with Crippen molar-refractivity contribution in [2.24, 2.45) is 23.2 Å². The third kappa shape index (κ3) is 4.37. The fourth-order valence-electron chi connectivity index (χ4n) is 7.36. The van der Waals surface area contributed by atoms with Gasteiger partial charge in [-0.05, 0) is 37.0 Å². The number of amides is 4. The zero-order valence-corrected chi connectivity index (χ0v) is 23.6.